The normalized spacial score (nSPS) is 18.6. The Hall–Kier alpha value is -3.35. The van der Waals surface area contributed by atoms with Crippen molar-refractivity contribution in [2.24, 2.45) is 0 Å². The Bertz CT molecular complexity index is 1360. The zero-order valence-electron chi connectivity index (χ0n) is 21.4. The number of rotatable bonds is 7. The van der Waals surface area contributed by atoms with Crippen LogP contribution < -0.4 is 10.6 Å². The van der Waals surface area contributed by atoms with Crippen molar-refractivity contribution in [3.05, 3.63) is 76.1 Å². The zero-order chi connectivity index (χ0) is 25.9. The molecule has 1 saturated heterocycles. The minimum atomic E-state index is -0.170. The van der Waals surface area contributed by atoms with Gasteiger partial charge < -0.3 is 20.5 Å². The molecule has 1 unspecified atom stereocenters. The van der Waals surface area contributed by atoms with Gasteiger partial charge in [0.1, 0.15) is 0 Å². The van der Waals surface area contributed by atoms with Crippen molar-refractivity contribution in [1.82, 2.24) is 15.2 Å². The van der Waals surface area contributed by atoms with Gasteiger partial charge >= 0.3 is 0 Å². The highest BCUT2D eigenvalue weighted by Gasteiger charge is 2.28. The van der Waals surface area contributed by atoms with Crippen LogP contribution in [0.15, 0.2) is 48.7 Å². The Morgan fingerprint density at radius 3 is 2.86 bits per heavy atom. The minimum absolute atomic E-state index is 0.0963. The van der Waals surface area contributed by atoms with Gasteiger partial charge in [0, 0.05) is 47.3 Å². The molecule has 1 aromatic heterocycles. The zero-order valence-corrected chi connectivity index (χ0v) is 22.1. The van der Waals surface area contributed by atoms with Gasteiger partial charge in [-0.25, -0.2) is 0 Å². The Morgan fingerprint density at radius 2 is 2.05 bits per heavy atom. The van der Waals surface area contributed by atoms with Crippen molar-refractivity contribution >= 4 is 40.8 Å². The molecule has 3 heterocycles. The SMILES string of the molecule is Cc1c(C(=O)NCCCN2CCCCC2C)c[nH]c1C=C1C(=O)Nc2cccc(-c3cccc(Cl)c3)c21. The lowest BCUT2D eigenvalue weighted by atomic mass is 9.94. The first-order valence-electron chi connectivity index (χ1n) is 13.0. The third-order valence-corrected chi connectivity index (χ3v) is 7.76. The molecular formula is C30H33ClN4O2. The van der Waals surface area contributed by atoms with Crippen LogP contribution in [0.4, 0.5) is 5.69 Å². The maximum Gasteiger partial charge on any atom is 0.256 e. The predicted molar refractivity (Wildman–Crippen MR) is 151 cm³/mol. The first kappa shape index (κ1) is 25.3. The fourth-order valence-corrected chi connectivity index (χ4v) is 5.59. The van der Waals surface area contributed by atoms with Gasteiger partial charge in [-0.15, -0.1) is 0 Å². The number of nitrogens with one attached hydrogen (secondary N) is 3. The average Bonchev–Trinajstić information content (AvgIpc) is 3.41. The molecule has 0 bridgehead atoms. The molecule has 37 heavy (non-hydrogen) atoms. The molecule has 0 spiro atoms. The molecule has 0 aliphatic carbocycles. The van der Waals surface area contributed by atoms with Crippen LogP contribution in [0.3, 0.4) is 0 Å². The Balaban J connectivity index is 1.32. The van der Waals surface area contributed by atoms with E-state index in [4.69, 9.17) is 11.6 Å². The van der Waals surface area contributed by atoms with E-state index in [0.29, 0.717) is 28.7 Å². The van der Waals surface area contributed by atoms with E-state index in [-0.39, 0.29) is 11.8 Å². The summed E-state index contributed by atoms with van der Waals surface area (Å²) in [6, 6.07) is 14.0. The van der Waals surface area contributed by atoms with Crippen LogP contribution in [0.2, 0.25) is 5.02 Å². The standard InChI is InChI=1S/C30H33ClN4O2/c1-19-8-3-4-14-35(19)15-7-13-32-29(36)25-18-33-27(20(25)2)17-24-28-23(21-9-5-10-22(31)16-21)11-6-12-26(28)34-30(24)37/h5-6,9-12,16-19,33H,3-4,7-8,13-15H2,1-2H3,(H,32,36)(H,34,37). The van der Waals surface area contributed by atoms with Crippen molar-refractivity contribution in [2.75, 3.05) is 25.0 Å². The van der Waals surface area contributed by atoms with Crippen LogP contribution in [-0.4, -0.2) is 47.4 Å². The fourth-order valence-electron chi connectivity index (χ4n) is 5.39. The summed E-state index contributed by atoms with van der Waals surface area (Å²) in [6.07, 6.45) is 8.32. The van der Waals surface area contributed by atoms with Crippen LogP contribution in [-0.2, 0) is 4.79 Å². The van der Waals surface area contributed by atoms with Gasteiger partial charge in [-0.05, 0) is 80.6 Å². The fraction of sp³-hybridized carbons (Fsp3) is 0.333. The summed E-state index contributed by atoms with van der Waals surface area (Å²) >= 11 is 6.24. The molecule has 2 aliphatic rings. The van der Waals surface area contributed by atoms with Crippen LogP contribution in [0.5, 0.6) is 0 Å². The van der Waals surface area contributed by atoms with Gasteiger partial charge in [-0.2, -0.15) is 0 Å². The number of likely N-dealkylation sites (tertiary alicyclic amines) is 1. The van der Waals surface area contributed by atoms with Crippen molar-refractivity contribution in [1.29, 1.82) is 0 Å². The van der Waals surface area contributed by atoms with Gasteiger partial charge in [0.15, 0.2) is 0 Å². The quantitative estimate of drug-likeness (QED) is 0.261. The molecule has 2 aliphatic heterocycles. The summed E-state index contributed by atoms with van der Waals surface area (Å²) in [6.45, 7) is 7.00. The second kappa shape index (κ2) is 11.0. The van der Waals surface area contributed by atoms with E-state index in [9.17, 15) is 9.59 Å². The van der Waals surface area contributed by atoms with E-state index >= 15 is 0 Å². The predicted octanol–water partition coefficient (Wildman–Crippen LogP) is 6.13. The number of hydrogen-bond acceptors (Lipinski definition) is 3. The summed E-state index contributed by atoms with van der Waals surface area (Å²) in [4.78, 5) is 31.6. The number of aromatic nitrogens is 1. The molecule has 1 fully saturated rings. The van der Waals surface area contributed by atoms with Gasteiger partial charge in [-0.1, -0.05) is 42.3 Å². The lowest BCUT2D eigenvalue weighted by molar-refractivity contribution is -0.110. The topological polar surface area (TPSA) is 77.2 Å². The number of carbonyl (C=O) groups is 2. The van der Waals surface area contributed by atoms with Crippen LogP contribution >= 0.6 is 11.6 Å². The first-order valence-corrected chi connectivity index (χ1v) is 13.4. The Kier molecular flexibility index (Phi) is 7.49. The molecule has 6 nitrogen and oxygen atoms in total. The number of benzene rings is 2. The molecule has 0 radical (unpaired) electrons. The highest BCUT2D eigenvalue weighted by Crippen LogP contribution is 2.41. The van der Waals surface area contributed by atoms with Gasteiger partial charge in [0.25, 0.3) is 11.8 Å². The lowest BCUT2D eigenvalue weighted by Crippen LogP contribution is -2.39. The minimum Gasteiger partial charge on any atom is -0.361 e. The summed E-state index contributed by atoms with van der Waals surface area (Å²) in [5, 5.41) is 6.67. The van der Waals surface area contributed by atoms with E-state index in [1.807, 2.05) is 55.5 Å². The molecule has 3 N–H and O–H groups in total. The monoisotopic (exact) mass is 516 g/mol. The highest BCUT2D eigenvalue weighted by atomic mass is 35.5. The van der Waals surface area contributed by atoms with Gasteiger partial charge in [0.05, 0.1) is 11.1 Å². The summed E-state index contributed by atoms with van der Waals surface area (Å²) in [7, 11) is 0. The number of anilines is 1. The molecule has 5 rings (SSSR count). The van der Waals surface area contributed by atoms with Crippen molar-refractivity contribution in [3.8, 4) is 11.1 Å². The maximum absolute atomic E-state index is 13.0. The number of halogens is 1. The molecule has 192 valence electrons. The summed E-state index contributed by atoms with van der Waals surface area (Å²) in [5.74, 6) is -0.266. The largest absolute Gasteiger partial charge is 0.361 e. The van der Waals surface area contributed by atoms with E-state index in [0.717, 1.165) is 53.1 Å². The van der Waals surface area contributed by atoms with Gasteiger partial charge in [-0.3, -0.25) is 9.59 Å². The molecule has 2 amide bonds. The van der Waals surface area contributed by atoms with Crippen molar-refractivity contribution in [2.45, 2.75) is 45.6 Å². The van der Waals surface area contributed by atoms with E-state index in [1.165, 1.54) is 19.3 Å². The second-order valence-electron chi connectivity index (χ2n) is 9.98. The number of amides is 2. The molecule has 7 heteroatoms. The number of hydrogen-bond donors (Lipinski definition) is 3. The number of nitrogens with zero attached hydrogens (tertiary/aromatic N) is 1. The van der Waals surface area contributed by atoms with Crippen LogP contribution in [0.25, 0.3) is 22.8 Å². The molecular weight excluding hydrogens is 484 g/mol. The number of carbonyl (C=O) groups excluding carboxylic acids is 2. The van der Waals surface area contributed by atoms with E-state index < -0.39 is 0 Å². The maximum atomic E-state index is 13.0. The Morgan fingerprint density at radius 1 is 1.22 bits per heavy atom. The number of piperidine rings is 1. The van der Waals surface area contributed by atoms with Crippen LogP contribution in [0, 0.1) is 6.92 Å². The van der Waals surface area contributed by atoms with Crippen molar-refractivity contribution in [3.63, 3.8) is 0 Å². The second-order valence-corrected chi connectivity index (χ2v) is 10.4. The molecule has 1 atom stereocenters. The highest BCUT2D eigenvalue weighted by molar-refractivity contribution is 6.36. The van der Waals surface area contributed by atoms with E-state index in [1.54, 1.807) is 6.20 Å². The first-order chi connectivity index (χ1) is 17.9. The third-order valence-electron chi connectivity index (χ3n) is 7.52. The average molecular weight is 517 g/mol. The number of H-pyrrole nitrogens is 1. The summed E-state index contributed by atoms with van der Waals surface area (Å²) in [5.41, 5.74) is 6.17. The number of aromatic amines is 1. The third kappa shape index (κ3) is 5.36. The Labute approximate surface area is 223 Å². The van der Waals surface area contributed by atoms with E-state index in [2.05, 4.69) is 27.4 Å². The number of fused-ring (bicyclic) bond motifs is 1. The lowest BCUT2D eigenvalue weighted by Gasteiger charge is -2.33. The van der Waals surface area contributed by atoms with Crippen molar-refractivity contribution < 1.29 is 9.59 Å². The molecule has 0 saturated carbocycles. The van der Waals surface area contributed by atoms with Crippen LogP contribution in [0.1, 0.15) is 59.8 Å². The summed E-state index contributed by atoms with van der Waals surface area (Å²) < 4.78 is 0. The smallest absolute Gasteiger partial charge is 0.256 e. The molecule has 3 aromatic rings. The molecule has 2 aromatic carbocycles. The van der Waals surface area contributed by atoms with Gasteiger partial charge in [0.2, 0.25) is 0 Å².